The number of nitrogens with one attached hydrogen (secondary N) is 2. The third-order valence-electron chi connectivity index (χ3n) is 4.29. The van der Waals surface area contributed by atoms with E-state index in [2.05, 4.69) is 10.0 Å². The highest BCUT2D eigenvalue weighted by atomic mass is 32.2. The molecule has 0 bridgehead atoms. The van der Waals surface area contributed by atoms with E-state index >= 15 is 0 Å². The van der Waals surface area contributed by atoms with Gasteiger partial charge in [0.05, 0.1) is 11.8 Å². The minimum Gasteiger partial charge on any atom is -0.325 e. The number of likely N-dealkylation sites (tertiary alicyclic amines) is 1. The van der Waals surface area contributed by atoms with E-state index in [-0.39, 0.29) is 29.6 Å². The Morgan fingerprint density at radius 2 is 1.92 bits per heavy atom. The van der Waals surface area contributed by atoms with E-state index in [1.54, 1.807) is 0 Å². The summed E-state index contributed by atoms with van der Waals surface area (Å²) in [6, 6.07) is 5.47. The van der Waals surface area contributed by atoms with Gasteiger partial charge in [-0.3, -0.25) is 9.69 Å². The van der Waals surface area contributed by atoms with Gasteiger partial charge in [-0.05, 0) is 56.5 Å². The summed E-state index contributed by atoms with van der Waals surface area (Å²) in [7, 11) is -3.20. The first-order valence-corrected chi connectivity index (χ1v) is 9.76. The Morgan fingerprint density at radius 3 is 2.58 bits per heavy atom. The number of halogens is 1. The topological polar surface area (TPSA) is 78.5 Å². The average molecular weight is 355 g/mol. The number of hydrogen-bond acceptors (Lipinski definition) is 4. The Balaban J connectivity index is 1.49. The zero-order valence-electron chi connectivity index (χ0n) is 13.4. The largest absolute Gasteiger partial charge is 0.325 e. The van der Waals surface area contributed by atoms with Crippen molar-refractivity contribution in [3.63, 3.8) is 0 Å². The molecule has 2 aliphatic rings. The number of carbonyl (C=O) groups is 1. The fourth-order valence-corrected chi connectivity index (χ4v) is 4.55. The second-order valence-electron chi connectivity index (χ2n) is 6.49. The number of rotatable bonds is 6. The van der Waals surface area contributed by atoms with Crippen LogP contribution in [0, 0.1) is 5.82 Å². The number of hydrogen-bond donors (Lipinski definition) is 2. The highest BCUT2D eigenvalue weighted by molar-refractivity contribution is 7.90. The third kappa shape index (κ3) is 4.75. The lowest BCUT2D eigenvalue weighted by atomic mass is 10.1. The molecule has 8 heteroatoms. The van der Waals surface area contributed by atoms with Crippen molar-refractivity contribution in [1.29, 1.82) is 0 Å². The van der Waals surface area contributed by atoms with Crippen LogP contribution in [-0.4, -0.2) is 50.2 Å². The predicted molar refractivity (Wildman–Crippen MR) is 89.6 cm³/mol. The molecule has 0 radical (unpaired) electrons. The van der Waals surface area contributed by atoms with E-state index < -0.39 is 10.0 Å². The molecule has 1 saturated carbocycles. The molecule has 6 nitrogen and oxygen atoms in total. The van der Waals surface area contributed by atoms with Gasteiger partial charge in [-0.1, -0.05) is 0 Å². The summed E-state index contributed by atoms with van der Waals surface area (Å²) < 4.78 is 39.7. The van der Waals surface area contributed by atoms with Gasteiger partial charge < -0.3 is 5.32 Å². The van der Waals surface area contributed by atoms with Crippen molar-refractivity contribution < 1.29 is 17.6 Å². The van der Waals surface area contributed by atoms with Crippen molar-refractivity contribution in [3.8, 4) is 0 Å². The number of nitrogens with zero attached hydrogens (tertiary/aromatic N) is 1. The molecule has 1 aromatic rings. The molecular weight excluding hydrogens is 333 g/mol. The number of sulfonamides is 1. The highest BCUT2D eigenvalue weighted by Crippen LogP contribution is 2.28. The summed E-state index contributed by atoms with van der Waals surface area (Å²) in [5, 5.41) is 2.49. The molecule has 3 rings (SSSR count). The van der Waals surface area contributed by atoms with Crippen molar-refractivity contribution in [1.82, 2.24) is 9.62 Å². The van der Waals surface area contributed by atoms with Crippen LogP contribution in [0.25, 0.3) is 0 Å². The molecular formula is C16H22FN3O3S. The fraction of sp³-hybridized carbons (Fsp3) is 0.562. The monoisotopic (exact) mass is 355 g/mol. The number of benzene rings is 1. The lowest BCUT2D eigenvalue weighted by molar-refractivity contribution is -0.117. The maximum Gasteiger partial charge on any atom is 0.238 e. The Kier molecular flexibility index (Phi) is 5.17. The summed E-state index contributed by atoms with van der Waals surface area (Å²) in [6.45, 7) is 1.49. The van der Waals surface area contributed by atoms with Gasteiger partial charge in [0.15, 0.2) is 0 Å². The van der Waals surface area contributed by atoms with Crippen molar-refractivity contribution >= 4 is 21.6 Å². The molecule has 2 N–H and O–H groups in total. The minimum absolute atomic E-state index is 0.136. The van der Waals surface area contributed by atoms with Gasteiger partial charge in [-0.2, -0.15) is 0 Å². The van der Waals surface area contributed by atoms with Gasteiger partial charge in [0.2, 0.25) is 15.9 Å². The minimum atomic E-state index is -3.20. The summed E-state index contributed by atoms with van der Waals surface area (Å²) >= 11 is 0. The second-order valence-corrected chi connectivity index (χ2v) is 8.48. The Hall–Kier alpha value is -1.51. The van der Waals surface area contributed by atoms with Crippen LogP contribution < -0.4 is 10.0 Å². The van der Waals surface area contributed by atoms with Gasteiger partial charge >= 0.3 is 0 Å². The normalized spacial score (nSPS) is 22.3. The van der Waals surface area contributed by atoms with Crippen LogP contribution in [0.2, 0.25) is 0 Å². The van der Waals surface area contributed by atoms with Crippen LogP contribution in [0.4, 0.5) is 10.1 Å². The fourth-order valence-electron chi connectivity index (χ4n) is 2.94. The zero-order chi connectivity index (χ0) is 17.2. The molecule has 1 atom stereocenters. The first-order chi connectivity index (χ1) is 11.4. The Bertz CT molecular complexity index is 689. The molecule has 2 fully saturated rings. The van der Waals surface area contributed by atoms with Gasteiger partial charge in [0.25, 0.3) is 0 Å². The van der Waals surface area contributed by atoms with Crippen molar-refractivity contribution in [2.75, 3.05) is 25.0 Å². The first-order valence-electron chi connectivity index (χ1n) is 8.21. The lowest BCUT2D eigenvalue weighted by Gasteiger charge is -2.32. The SMILES string of the molecule is O=C(CN1CCCC(NS(=O)(=O)C2CC2)C1)Nc1ccc(F)cc1. The van der Waals surface area contributed by atoms with Crippen LogP contribution in [0.1, 0.15) is 25.7 Å². The van der Waals surface area contributed by atoms with Gasteiger partial charge in [0, 0.05) is 18.3 Å². The lowest BCUT2D eigenvalue weighted by Crippen LogP contribution is -2.50. The van der Waals surface area contributed by atoms with E-state index in [0.717, 1.165) is 32.2 Å². The van der Waals surface area contributed by atoms with E-state index in [0.29, 0.717) is 12.2 Å². The van der Waals surface area contributed by atoms with Crippen LogP contribution in [0.15, 0.2) is 24.3 Å². The maximum absolute atomic E-state index is 12.9. The van der Waals surface area contributed by atoms with E-state index in [1.165, 1.54) is 24.3 Å². The summed E-state index contributed by atoms with van der Waals surface area (Å²) in [6.07, 6.45) is 3.13. The van der Waals surface area contributed by atoms with E-state index in [1.807, 2.05) is 4.90 Å². The second kappa shape index (κ2) is 7.16. The van der Waals surface area contributed by atoms with Crippen LogP contribution >= 0.6 is 0 Å². The molecule has 132 valence electrons. The maximum atomic E-state index is 12.9. The third-order valence-corrected chi connectivity index (χ3v) is 6.31. The number of carbonyl (C=O) groups excluding carboxylic acids is 1. The molecule has 24 heavy (non-hydrogen) atoms. The molecule has 1 unspecified atom stereocenters. The summed E-state index contributed by atoms with van der Waals surface area (Å²) in [5.74, 6) is -0.540. The van der Waals surface area contributed by atoms with Gasteiger partial charge in [0.1, 0.15) is 5.82 Å². The molecule has 1 heterocycles. The van der Waals surface area contributed by atoms with Crippen molar-refractivity contribution in [2.24, 2.45) is 0 Å². The standard InChI is InChI=1S/C16H22FN3O3S/c17-12-3-5-13(6-4-12)18-16(21)11-20-9-1-2-14(10-20)19-24(22,23)15-7-8-15/h3-6,14-15,19H,1-2,7-11H2,(H,18,21). The van der Waals surface area contributed by atoms with Crippen LogP contribution in [0.5, 0.6) is 0 Å². The van der Waals surface area contributed by atoms with Crippen LogP contribution in [0.3, 0.4) is 0 Å². The number of anilines is 1. The molecule has 1 aliphatic heterocycles. The molecule has 0 spiro atoms. The predicted octanol–water partition coefficient (Wildman–Crippen LogP) is 1.31. The number of amides is 1. The van der Waals surface area contributed by atoms with Crippen molar-refractivity contribution in [2.45, 2.75) is 37.0 Å². The first kappa shape index (κ1) is 17.3. The molecule has 1 aliphatic carbocycles. The highest BCUT2D eigenvalue weighted by Gasteiger charge is 2.37. The van der Waals surface area contributed by atoms with Crippen molar-refractivity contribution in [3.05, 3.63) is 30.1 Å². The summed E-state index contributed by atoms with van der Waals surface area (Å²) in [5.41, 5.74) is 0.546. The van der Waals surface area contributed by atoms with E-state index in [4.69, 9.17) is 0 Å². The number of piperidine rings is 1. The molecule has 1 aromatic carbocycles. The quantitative estimate of drug-likeness (QED) is 0.806. The molecule has 1 saturated heterocycles. The zero-order valence-corrected chi connectivity index (χ0v) is 14.2. The smallest absolute Gasteiger partial charge is 0.238 e. The Labute approximate surface area is 141 Å². The summed E-state index contributed by atoms with van der Waals surface area (Å²) in [4.78, 5) is 14.0. The molecule has 0 aromatic heterocycles. The van der Waals surface area contributed by atoms with Gasteiger partial charge in [-0.25, -0.2) is 17.5 Å². The molecule has 1 amide bonds. The van der Waals surface area contributed by atoms with Crippen LogP contribution in [-0.2, 0) is 14.8 Å². The van der Waals surface area contributed by atoms with E-state index in [9.17, 15) is 17.6 Å². The van der Waals surface area contributed by atoms with Gasteiger partial charge in [-0.15, -0.1) is 0 Å². The average Bonchev–Trinajstić information content (AvgIpc) is 3.35. The Morgan fingerprint density at radius 1 is 1.21 bits per heavy atom.